The molecule has 0 radical (unpaired) electrons. The molecule has 1 atom stereocenters. The van der Waals surface area contributed by atoms with Crippen molar-refractivity contribution in [3.8, 4) is 0 Å². The molecule has 0 aliphatic rings. The van der Waals surface area contributed by atoms with E-state index >= 15 is 0 Å². The summed E-state index contributed by atoms with van der Waals surface area (Å²) >= 11 is 0. The molecular formula is C7H16N2O2. The third-order valence-corrected chi connectivity index (χ3v) is 1.39. The molecule has 0 aromatic rings. The predicted molar refractivity (Wildman–Crippen MR) is 42.6 cm³/mol. The second-order valence-electron chi connectivity index (χ2n) is 2.87. The van der Waals surface area contributed by atoms with E-state index in [1.807, 2.05) is 13.8 Å². The van der Waals surface area contributed by atoms with Crippen LogP contribution in [0.2, 0.25) is 0 Å². The lowest BCUT2D eigenvalue weighted by atomic mass is 10.0. The van der Waals surface area contributed by atoms with E-state index in [4.69, 9.17) is 5.84 Å². The number of ether oxygens (including phenoxy) is 1. The van der Waals surface area contributed by atoms with Crippen LogP contribution in [0.4, 0.5) is 0 Å². The monoisotopic (exact) mass is 160 g/mol. The summed E-state index contributed by atoms with van der Waals surface area (Å²) in [7, 11) is 1.35. The summed E-state index contributed by atoms with van der Waals surface area (Å²) in [5, 5.41) is 0. The van der Waals surface area contributed by atoms with Crippen LogP contribution in [0.3, 0.4) is 0 Å². The van der Waals surface area contributed by atoms with Gasteiger partial charge in [0.1, 0.15) is 6.04 Å². The Morgan fingerprint density at radius 1 is 1.64 bits per heavy atom. The van der Waals surface area contributed by atoms with E-state index in [0.29, 0.717) is 12.3 Å². The molecular weight excluding hydrogens is 144 g/mol. The predicted octanol–water partition coefficient (Wildman–Crippen LogP) is 0.0374. The van der Waals surface area contributed by atoms with Gasteiger partial charge in [0.2, 0.25) is 0 Å². The Morgan fingerprint density at radius 3 is 2.45 bits per heavy atom. The van der Waals surface area contributed by atoms with E-state index in [9.17, 15) is 4.79 Å². The van der Waals surface area contributed by atoms with Crippen LogP contribution in [0.5, 0.6) is 0 Å². The molecule has 0 aromatic heterocycles. The van der Waals surface area contributed by atoms with Crippen molar-refractivity contribution in [3.05, 3.63) is 0 Å². The van der Waals surface area contributed by atoms with Gasteiger partial charge in [0.25, 0.3) is 0 Å². The van der Waals surface area contributed by atoms with Gasteiger partial charge in [-0.1, -0.05) is 13.8 Å². The zero-order chi connectivity index (χ0) is 8.85. The number of hydrazine groups is 1. The highest BCUT2D eigenvalue weighted by molar-refractivity contribution is 5.75. The third-order valence-electron chi connectivity index (χ3n) is 1.39. The Kier molecular flexibility index (Phi) is 4.81. The molecule has 0 rings (SSSR count). The number of rotatable bonds is 4. The van der Waals surface area contributed by atoms with E-state index in [1.54, 1.807) is 0 Å². The van der Waals surface area contributed by atoms with Crippen molar-refractivity contribution in [2.24, 2.45) is 11.8 Å². The number of methoxy groups -OCH3 is 1. The van der Waals surface area contributed by atoms with E-state index in [1.165, 1.54) is 7.11 Å². The highest BCUT2D eigenvalue weighted by atomic mass is 16.5. The fraction of sp³-hybridized carbons (Fsp3) is 0.857. The molecule has 0 amide bonds. The molecule has 0 bridgehead atoms. The number of hydrogen-bond acceptors (Lipinski definition) is 4. The van der Waals surface area contributed by atoms with Crippen molar-refractivity contribution >= 4 is 5.97 Å². The van der Waals surface area contributed by atoms with Gasteiger partial charge in [-0.3, -0.25) is 10.6 Å². The molecule has 0 spiro atoms. The summed E-state index contributed by atoms with van der Waals surface area (Å²) in [5.41, 5.74) is 2.41. The number of nitrogens with one attached hydrogen (secondary N) is 1. The number of esters is 1. The van der Waals surface area contributed by atoms with Crippen molar-refractivity contribution < 1.29 is 9.53 Å². The highest BCUT2D eigenvalue weighted by Crippen LogP contribution is 2.04. The zero-order valence-corrected chi connectivity index (χ0v) is 7.26. The molecule has 0 unspecified atom stereocenters. The lowest BCUT2D eigenvalue weighted by Crippen LogP contribution is -2.42. The van der Waals surface area contributed by atoms with Crippen LogP contribution >= 0.6 is 0 Å². The summed E-state index contributed by atoms with van der Waals surface area (Å²) in [4.78, 5) is 10.9. The number of carbonyl (C=O) groups is 1. The van der Waals surface area contributed by atoms with E-state index < -0.39 is 0 Å². The second-order valence-corrected chi connectivity index (χ2v) is 2.87. The lowest BCUT2D eigenvalue weighted by Gasteiger charge is -2.14. The SMILES string of the molecule is COC(=O)[C@@H](CC(C)C)NN. The Morgan fingerprint density at radius 2 is 2.18 bits per heavy atom. The van der Waals surface area contributed by atoms with Crippen molar-refractivity contribution in [1.82, 2.24) is 5.43 Å². The topological polar surface area (TPSA) is 64.3 Å². The average molecular weight is 160 g/mol. The fourth-order valence-corrected chi connectivity index (χ4v) is 0.846. The first-order valence-corrected chi connectivity index (χ1v) is 3.65. The summed E-state index contributed by atoms with van der Waals surface area (Å²) in [6.45, 7) is 4.04. The first kappa shape index (κ1) is 10.4. The van der Waals surface area contributed by atoms with E-state index in [0.717, 1.165) is 0 Å². The van der Waals surface area contributed by atoms with Crippen LogP contribution in [-0.2, 0) is 9.53 Å². The van der Waals surface area contributed by atoms with Gasteiger partial charge in [0.05, 0.1) is 7.11 Å². The van der Waals surface area contributed by atoms with Crippen molar-refractivity contribution in [2.75, 3.05) is 7.11 Å². The molecule has 0 heterocycles. The molecule has 0 aliphatic heterocycles. The summed E-state index contributed by atoms with van der Waals surface area (Å²) in [6.07, 6.45) is 0.698. The standard InChI is InChI=1S/C7H16N2O2/c1-5(2)4-6(9-8)7(10)11-3/h5-6,9H,4,8H2,1-3H3/t6-/m1/s1. The van der Waals surface area contributed by atoms with Crippen LogP contribution in [-0.4, -0.2) is 19.1 Å². The van der Waals surface area contributed by atoms with Crippen LogP contribution in [0, 0.1) is 5.92 Å². The fourth-order valence-electron chi connectivity index (χ4n) is 0.846. The van der Waals surface area contributed by atoms with Gasteiger partial charge in [-0.15, -0.1) is 0 Å². The lowest BCUT2D eigenvalue weighted by molar-refractivity contribution is -0.143. The first-order valence-electron chi connectivity index (χ1n) is 3.65. The first-order chi connectivity index (χ1) is 5.11. The molecule has 11 heavy (non-hydrogen) atoms. The molecule has 0 aliphatic carbocycles. The van der Waals surface area contributed by atoms with Crippen LogP contribution in [0.1, 0.15) is 20.3 Å². The zero-order valence-electron chi connectivity index (χ0n) is 7.26. The molecule has 0 saturated carbocycles. The summed E-state index contributed by atoms with van der Waals surface area (Å²) in [5.74, 6) is 5.27. The maximum atomic E-state index is 10.9. The molecule has 0 aromatic carbocycles. The number of hydrogen-bond donors (Lipinski definition) is 2. The van der Waals surface area contributed by atoms with Crippen LogP contribution < -0.4 is 11.3 Å². The minimum Gasteiger partial charge on any atom is -0.468 e. The van der Waals surface area contributed by atoms with Gasteiger partial charge in [-0.2, -0.15) is 0 Å². The van der Waals surface area contributed by atoms with Gasteiger partial charge in [0.15, 0.2) is 0 Å². The number of nitrogens with two attached hydrogens (primary N) is 1. The molecule has 66 valence electrons. The molecule has 0 saturated heterocycles. The minimum absolute atomic E-state index is 0.304. The number of carbonyl (C=O) groups excluding carboxylic acids is 1. The van der Waals surface area contributed by atoms with Crippen LogP contribution in [0.25, 0.3) is 0 Å². The maximum Gasteiger partial charge on any atom is 0.324 e. The normalized spacial score (nSPS) is 13.2. The summed E-state index contributed by atoms with van der Waals surface area (Å²) < 4.78 is 4.52. The van der Waals surface area contributed by atoms with E-state index in [2.05, 4.69) is 10.2 Å². The third kappa shape index (κ3) is 3.95. The maximum absolute atomic E-state index is 10.9. The van der Waals surface area contributed by atoms with Gasteiger partial charge < -0.3 is 4.74 Å². The largest absolute Gasteiger partial charge is 0.468 e. The van der Waals surface area contributed by atoms with Gasteiger partial charge in [0, 0.05) is 0 Å². The van der Waals surface area contributed by atoms with Crippen molar-refractivity contribution in [1.29, 1.82) is 0 Å². The summed E-state index contributed by atoms with van der Waals surface area (Å²) in [6, 6.07) is -0.375. The Hall–Kier alpha value is -0.610. The van der Waals surface area contributed by atoms with Gasteiger partial charge in [-0.05, 0) is 12.3 Å². The Labute approximate surface area is 67.1 Å². The Balaban J connectivity index is 3.84. The van der Waals surface area contributed by atoms with Gasteiger partial charge in [-0.25, -0.2) is 5.43 Å². The average Bonchev–Trinajstić information content (AvgIpc) is 1.98. The van der Waals surface area contributed by atoms with Crippen LogP contribution in [0.15, 0.2) is 0 Å². The smallest absolute Gasteiger partial charge is 0.324 e. The van der Waals surface area contributed by atoms with Gasteiger partial charge >= 0.3 is 5.97 Å². The molecule has 4 heteroatoms. The molecule has 3 N–H and O–H groups in total. The minimum atomic E-state index is -0.375. The Bertz CT molecular complexity index is 126. The highest BCUT2D eigenvalue weighted by Gasteiger charge is 2.17. The quantitative estimate of drug-likeness (QED) is 0.346. The van der Waals surface area contributed by atoms with Crippen molar-refractivity contribution in [3.63, 3.8) is 0 Å². The molecule has 4 nitrogen and oxygen atoms in total. The van der Waals surface area contributed by atoms with Crippen molar-refractivity contribution in [2.45, 2.75) is 26.3 Å². The molecule has 0 fully saturated rings. The second kappa shape index (κ2) is 5.09. The van der Waals surface area contributed by atoms with E-state index in [-0.39, 0.29) is 12.0 Å².